The molecule has 2 unspecified atom stereocenters. The van der Waals surface area contributed by atoms with Crippen LogP contribution in [0.1, 0.15) is 12.5 Å². The highest BCUT2D eigenvalue weighted by molar-refractivity contribution is 6.10. The number of aromatic nitrogens is 4. The van der Waals surface area contributed by atoms with Gasteiger partial charge in [0.25, 0.3) is 0 Å². The van der Waals surface area contributed by atoms with Gasteiger partial charge in [0, 0.05) is 38.7 Å². The van der Waals surface area contributed by atoms with Crippen molar-refractivity contribution in [2.75, 3.05) is 4.90 Å². The van der Waals surface area contributed by atoms with E-state index in [-0.39, 0.29) is 11.5 Å². The molecule has 3 heterocycles. The van der Waals surface area contributed by atoms with Gasteiger partial charge in [0.05, 0.1) is 17.1 Å². The summed E-state index contributed by atoms with van der Waals surface area (Å²) in [4.78, 5) is 18.1. The second-order valence-electron chi connectivity index (χ2n) is 15.1. The molecule has 0 radical (unpaired) electrons. The lowest BCUT2D eigenvalue weighted by molar-refractivity contribution is 0.551. The number of allylic oxidation sites excluding steroid dienone is 2. The Balaban J connectivity index is 1.08. The van der Waals surface area contributed by atoms with Crippen LogP contribution in [0.2, 0.25) is 0 Å². The zero-order chi connectivity index (χ0) is 37.9. The minimum atomic E-state index is -0.120. The molecule has 0 bridgehead atoms. The molecule has 2 atom stereocenters. The van der Waals surface area contributed by atoms with Crippen LogP contribution in [0.25, 0.3) is 72.8 Å². The molecule has 0 saturated heterocycles. The van der Waals surface area contributed by atoms with Crippen LogP contribution >= 0.6 is 0 Å². The normalized spacial score (nSPS) is 16.9. The van der Waals surface area contributed by atoms with E-state index >= 15 is 0 Å². The molecule has 2 aromatic heterocycles. The maximum Gasteiger partial charge on any atom is 0.238 e. The third kappa shape index (κ3) is 5.42. The smallest absolute Gasteiger partial charge is 0.238 e. The highest BCUT2D eigenvalue weighted by Crippen LogP contribution is 2.51. The molecular formula is C52H37N5. The molecule has 57 heavy (non-hydrogen) atoms. The molecule has 0 spiro atoms. The van der Waals surface area contributed by atoms with Crippen LogP contribution in [-0.2, 0) is 5.41 Å². The van der Waals surface area contributed by atoms with E-state index in [1.54, 1.807) is 0 Å². The first-order chi connectivity index (χ1) is 28.1. The Morgan fingerprint density at radius 1 is 0.474 bits per heavy atom. The van der Waals surface area contributed by atoms with Crippen molar-refractivity contribution in [3.63, 3.8) is 0 Å². The molecule has 0 fully saturated rings. The Labute approximate surface area is 331 Å². The third-order valence-corrected chi connectivity index (χ3v) is 11.7. The predicted octanol–water partition coefficient (Wildman–Crippen LogP) is 12.5. The van der Waals surface area contributed by atoms with Crippen molar-refractivity contribution in [2.24, 2.45) is 0 Å². The molecule has 270 valence electrons. The van der Waals surface area contributed by atoms with Gasteiger partial charge in [0.15, 0.2) is 11.6 Å². The molecule has 2 aliphatic rings. The average molecular weight is 732 g/mol. The number of hydrogen-bond acceptors (Lipinski definition) is 4. The predicted molar refractivity (Wildman–Crippen MR) is 234 cm³/mol. The second kappa shape index (κ2) is 13.1. The van der Waals surface area contributed by atoms with Crippen LogP contribution in [0.5, 0.6) is 0 Å². The fourth-order valence-corrected chi connectivity index (χ4v) is 8.85. The highest BCUT2D eigenvalue weighted by Gasteiger charge is 2.46. The van der Waals surface area contributed by atoms with E-state index in [0.29, 0.717) is 17.6 Å². The Bertz CT molecular complexity index is 2920. The van der Waals surface area contributed by atoms with E-state index in [1.165, 1.54) is 22.4 Å². The summed E-state index contributed by atoms with van der Waals surface area (Å²) < 4.78 is 2.20. The Morgan fingerprint density at radius 2 is 1.02 bits per heavy atom. The summed E-state index contributed by atoms with van der Waals surface area (Å²) in [6, 6.07) is 62.3. The SMILES string of the molecule is CC12C=CC=CC1N(c1ccc3c(c1)c1ccccc1n3-c1nc(-c3ccc(-c4ccccc4)cc3)nc(-c3ccc(-c4ccccc4)cc3)n1)c1ccccc12. The van der Waals surface area contributed by atoms with Crippen molar-refractivity contribution in [2.45, 2.75) is 18.4 Å². The van der Waals surface area contributed by atoms with Gasteiger partial charge in [-0.2, -0.15) is 9.97 Å². The number of benzene rings is 7. The summed E-state index contributed by atoms with van der Waals surface area (Å²) >= 11 is 0. The molecule has 1 aliphatic heterocycles. The minimum absolute atomic E-state index is 0.120. The maximum absolute atomic E-state index is 5.25. The minimum Gasteiger partial charge on any atom is -0.333 e. The first-order valence-electron chi connectivity index (χ1n) is 19.5. The number of rotatable bonds is 6. The molecule has 11 rings (SSSR count). The van der Waals surface area contributed by atoms with Crippen molar-refractivity contribution in [3.05, 3.63) is 206 Å². The number of fused-ring (bicyclic) bond motifs is 6. The summed E-state index contributed by atoms with van der Waals surface area (Å²) in [5.74, 6) is 1.82. The summed E-state index contributed by atoms with van der Waals surface area (Å²) in [6.45, 7) is 2.35. The van der Waals surface area contributed by atoms with Gasteiger partial charge >= 0.3 is 0 Å². The Morgan fingerprint density at radius 3 is 1.68 bits per heavy atom. The third-order valence-electron chi connectivity index (χ3n) is 11.7. The molecule has 5 heteroatoms. The summed E-state index contributed by atoms with van der Waals surface area (Å²) in [5, 5.41) is 2.29. The number of nitrogens with zero attached hydrogens (tertiary/aromatic N) is 5. The quantitative estimate of drug-likeness (QED) is 0.171. The molecule has 9 aromatic rings. The lowest BCUT2D eigenvalue weighted by atomic mass is 9.76. The fourth-order valence-electron chi connectivity index (χ4n) is 8.85. The lowest BCUT2D eigenvalue weighted by Crippen LogP contribution is -2.39. The van der Waals surface area contributed by atoms with E-state index in [4.69, 9.17) is 15.0 Å². The van der Waals surface area contributed by atoms with Gasteiger partial charge in [-0.3, -0.25) is 4.57 Å². The molecule has 0 amide bonds. The second-order valence-corrected chi connectivity index (χ2v) is 15.1. The van der Waals surface area contributed by atoms with E-state index < -0.39 is 0 Å². The summed E-state index contributed by atoms with van der Waals surface area (Å²) in [5.41, 5.74) is 12.2. The topological polar surface area (TPSA) is 46.8 Å². The van der Waals surface area contributed by atoms with Crippen LogP contribution in [-0.4, -0.2) is 25.6 Å². The molecular weight excluding hydrogens is 695 g/mol. The number of para-hydroxylation sites is 2. The molecule has 5 nitrogen and oxygen atoms in total. The monoisotopic (exact) mass is 731 g/mol. The average Bonchev–Trinajstić information content (AvgIpc) is 3.76. The zero-order valence-corrected chi connectivity index (χ0v) is 31.4. The van der Waals surface area contributed by atoms with Gasteiger partial charge in [-0.1, -0.05) is 170 Å². The van der Waals surface area contributed by atoms with Gasteiger partial charge < -0.3 is 4.90 Å². The molecule has 1 aliphatic carbocycles. The van der Waals surface area contributed by atoms with Gasteiger partial charge in [0.1, 0.15) is 0 Å². The lowest BCUT2D eigenvalue weighted by Gasteiger charge is -2.34. The highest BCUT2D eigenvalue weighted by atomic mass is 15.2. The van der Waals surface area contributed by atoms with Gasteiger partial charge in [-0.05, 0) is 65.1 Å². The molecule has 7 aromatic carbocycles. The standard InChI is InChI=1S/C52H37N5/c1-52-33-13-12-22-48(52)56(47-21-11-9-19-44(47)52)41-31-32-46-43(34-41)42-18-8-10-20-45(42)57(46)51-54-49(39-27-23-37(24-28-39)35-14-4-2-5-15-35)53-50(55-51)40-29-25-38(26-30-40)36-16-6-3-7-17-36/h2-34,48H,1H3. The molecule has 0 N–H and O–H groups in total. The van der Waals surface area contributed by atoms with Crippen molar-refractivity contribution in [1.82, 2.24) is 19.5 Å². The van der Waals surface area contributed by atoms with Crippen LogP contribution in [0.4, 0.5) is 11.4 Å². The fraction of sp³-hybridized carbons (Fsp3) is 0.0577. The molecule has 0 saturated carbocycles. The van der Waals surface area contributed by atoms with E-state index in [2.05, 4.69) is 204 Å². The summed E-state index contributed by atoms with van der Waals surface area (Å²) in [6.07, 6.45) is 9.04. The van der Waals surface area contributed by atoms with Crippen molar-refractivity contribution >= 4 is 33.2 Å². The Kier molecular flexibility index (Phi) is 7.61. The van der Waals surface area contributed by atoms with Gasteiger partial charge in [-0.25, -0.2) is 4.98 Å². The van der Waals surface area contributed by atoms with E-state index in [0.717, 1.165) is 49.7 Å². The van der Waals surface area contributed by atoms with Gasteiger partial charge in [0.2, 0.25) is 5.95 Å². The van der Waals surface area contributed by atoms with Crippen LogP contribution in [0.15, 0.2) is 200 Å². The maximum atomic E-state index is 5.25. The first kappa shape index (κ1) is 33.0. The first-order valence-corrected chi connectivity index (χ1v) is 19.5. The largest absolute Gasteiger partial charge is 0.333 e. The zero-order valence-electron chi connectivity index (χ0n) is 31.4. The number of anilines is 2. The van der Waals surface area contributed by atoms with E-state index in [9.17, 15) is 0 Å². The van der Waals surface area contributed by atoms with Crippen molar-refractivity contribution < 1.29 is 0 Å². The Hall–Kier alpha value is -7.37. The van der Waals surface area contributed by atoms with E-state index in [1.807, 2.05) is 12.1 Å². The van der Waals surface area contributed by atoms with Crippen LogP contribution in [0, 0.1) is 0 Å². The van der Waals surface area contributed by atoms with Crippen molar-refractivity contribution in [3.8, 4) is 51.0 Å². The van der Waals surface area contributed by atoms with Crippen LogP contribution in [0.3, 0.4) is 0 Å². The van der Waals surface area contributed by atoms with Gasteiger partial charge in [-0.15, -0.1) is 0 Å². The van der Waals surface area contributed by atoms with Crippen molar-refractivity contribution in [1.29, 1.82) is 0 Å². The summed E-state index contributed by atoms with van der Waals surface area (Å²) in [7, 11) is 0. The number of hydrogen-bond donors (Lipinski definition) is 0. The van der Waals surface area contributed by atoms with Crippen LogP contribution < -0.4 is 4.90 Å².